The first kappa shape index (κ1) is 15.2. The van der Waals surface area contributed by atoms with Gasteiger partial charge in [0, 0.05) is 6.42 Å². The zero-order valence-electron chi connectivity index (χ0n) is 11.1. The third-order valence-corrected chi connectivity index (χ3v) is 2.98. The van der Waals surface area contributed by atoms with E-state index in [-0.39, 0.29) is 0 Å². The number of allylic oxidation sites excluding steroid dienone is 2. The molecule has 0 aromatic heterocycles. The highest BCUT2D eigenvalue weighted by Crippen LogP contribution is 2.15. The van der Waals surface area contributed by atoms with Gasteiger partial charge in [-0.3, -0.25) is 0 Å². The van der Waals surface area contributed by atoms with Gasteiger partial charge >= 0.3 is 0 Å². The maximum absolute atomic E-state index is 8.42. The van der Waals surface area contributed by atoms with E-state index in [1.165, 1.54) is 51.4 Å². The molecule has 1 nitrogen and oxygen atoms in total. The number of rotatable bonds is 10. The van der Waals surface area contributed by atoms with Gasteiger partial charge in [0.15, 0.2) is 0 Å². The number of hydrogen-bond donors (Lipinski definition) is 0. The lowest BCUT2D eigenvalue weighted by Crippen LogP contribution is -1.84. The number of nitriles is 1. The molecule has 0 aliphatic rings. The molecule has 1 heteroatoms. The molecule has 16 heavy (non-hydrogen) atoms. The largest absolute Gasteiger partial charge is 0.198 e. The van der Waals surface area contributed by atoms with Gasteiger partial charge in [-0.15, -0.1) is 0 Å². The lowest BCUT2D eigenvalue weighted by atomic mass is 10.0. The predicted molar refractivity (Wildman–Crippen MR) is 71.2 cm³/mol. The van der Waals surface area contributed by atoms with Crippen molar-refractivity contribution < 1.29 is 0 Å². The fraction of sp³-hybridized carbons (Fsp3) is 0.800. The second-order valence-electron chi connectivity index (χ2n) is 4.43. The smallest absolute Gasteiger partial charge is 0.0621 e. The van der Waals surface area contributed by atoms with Crippen LogP contribution in [0.4, 0.5) is 0 Å². The summed E-state index contributed by atoms with van der Waals surface area (Å²) in [5.41, 5.74) is 1.62. The lowest BCUT2D eigenvalue weighted by Gasteiger charge is -2.04. The molecule has 0 unspecified atom stereocenters. The van der Waals surface area contributed by atoms with Crippen molar-refractivity contribution in [2.24, 2.45) is 0 Å². The van der Waals surface area contributed by atoms with Crippen molar-refractivity contribution in [2.75, 3.05) is 0 Å². The molecule has 0 saturated carbocycles. The van der Waals surface area contributed by atoms with Crippen LogP contribution in [0.25, 0.3) is 0 Å². The molecule has 0 atom stereocenters. The van der Waals surface area contributed by atoms with Crippen molar-refractivity contribution in [3.63, 3.8) is 0 Å². The molecule has 0 heterocycles. The second-order valence-corrected chi connectivity index (χ2v) is 4.43. The molecule has 0 rings (SSSR count). The Morgan fingerprint density at radius 1 is 1.06 bits per heavy atom. The molecule has 0 bridgehead atoms. The van der Waals surface area contributed by atoms with Crippen molar-refractivity contribution in [3.05, 3.63) is 11.6 Å². The van der Waals surface area contributed by atoms with Crippen LogP contribution in [0.2, 0.25) is 0 Å². The van der Waals surface area contributed by atoms with Crippen LogP contribution in [0, 0.1) is 11.3 Å². The summed E-state index contributed by atoms with van der Waals surface area (Å²) in [5, 5.41) is 8.42. The van der Waals surface area contributed by atoms with Gasteiger partial charge in [0.2, 0.25) is 0 Å². The Morgan fingerprint density at radius 2 is 1.88 bits per heavy atom. The maximum atomic E-state index is 8.42. The first-order valence-corrected chi connectivity index (χ1v) is 6.90. The molecular formula is C15H27N. The van der Waals surface area contributed by atoms with E-state index in [9.17, 15) is 0 Å². The van der Waals surface area contributed by atoms with Gasteiger partial charge in [-0.25, -0.2) is 0 Å². The van der Waals surface area contributed by atoms with Gasteiger partial charge in [-0.2, -0.15) is 5.26 Å². The van der Waals surface area contributed by atoms with Gasteiger partial charge in [-0.1, -0.05) is 44.8 Å². The van der Waals surface area contributed by atoms with E-state index >= 15 is 0 Å². The molecule has 0 saturated heterocycles. The van der Waals surface area contributed by atoms with Gasteiger partial charge in [-0.05, 0) is 38.5 Å². The van der Waals surface area contributed by atoms with Crippen LogP contribution in [0.15, 0.2) is 11.6 Å². The topological polar surface area (TPSA) is 23.8 Å². The Kier molecular flexibility index (Phi) is 11.7. The molecule has 0 aliphatic heterocycles. The quantitative estimate of drug-likeness (QED) is 0.359. The summed E-state index contributed by atoms with van der Waals surface area (Å²) in [6.45, 7) is 4.51. The summed E-state index contributed by atoms with van der Waals surface area (Å²) >= 11 is 0. The summed E-state index contributed by atoms with van der Waals surface area (Å²) in [6.07, 6.45) is 14.4. The summed E-state index contributed by atoms with van der Waals surface area (Å²) in [5.74, 6) is 0. The van der Waals surface area contributed by atoms with E-state index in [2.05, 4.69) is 26.0 Å². The molecule has 0 amide bonds. The normalized spacial score (nSPS) is 11.4. The van der Waals surface area contributed by atoms with Crippen LogP contribution in [0.5, 0.6) is 0 Å². The van der Waals surface area contributed by atoms with E-state index in [1.807, 2.05) is 0 Å². The summed E-state index contributed by atoms with van der Waals surface area (Å²) < 4.78 is 0. The summed E-state index contributed by atoms with van der Waals surface area (Å²) in [4.78, 5) is 0. The number of nitrogens with zero attached hydrogens (tertiary/aromatic N) is 1. The van der Waals surface area contributed by atoms with E-state index in [0.717, 1.165) is 6.42 Å². The van der Waals surface area contributed by atoms with Crippen LogP contribution in [-0.4, -0.2) is 0 Å². The predicted octanol–water partition coefficient (Wildman–Crippen LogP) is 5.38. The Labute approximate surface area is 102 Å². The Morgan fingerprint density at radius 3 is 2.50 bits per heavy atom. The SMILES string of the molecule is CCCCCC/C(=C/CCCCC#N)CC. The molecular weight excluding hydrogens is 194 g/mol. The minimum Gasteiger partial charge on any atom is -0.198 e. The van der Waals surface area contributed by atoms with Crippen molar-refractivity contribution in [1.29, 1.82) is 5.26 Å². The average Bonchev–Trinajstić information content (AvgIpc) is 2.31. The van der Waals surface area contributed by atoms with Gasteiger partial charge in [0.05, 0.1) is 6.07 Å². The van der Waals surface area contributed by atoms with Crippen LogP contribution >= 0.6 is 0 Å². The van der Waals surface area contributed by atoms with Crippen LogP contribution < -0.4 is 0 Å². The molecule has 0 aliphatic carbocycles. The number of unbranched alkanes of at least 4 members (excludes halogenated alkanes) is 6. The van der Waals surface area contributed by atoms with Crippen LogP contribution in [0.3, 0.4) is 0 Å². The van der Waals surface area contributed by atoms with Gasteiger partial charge in [0.1, 0.15) is 0 Å². The molecule has 0 radical (unpaired) electrons. The van der Waals surface area contributed by atoms with E-state index in [4.69, 9.17) is 5.26 Å². The maximum Gasteiger partial charge on any atom is 0.0621 e. The van der Waals surface area contributed by atoms with Crippen LogP contribution in [0.1, 0.15) is 78.1 Å². The third-order valence-electron chi connectivity index (χ3n) is 2.98. The fourth-order valence-electron chi connectivity index (χ4n) is 1.86. The average molecular weight is 221 g/mol. The minimum absolute atomic E-state index is 0.714. The molecule has 92 valence electrons. The van der Waals surface area contributed by atoms with Gasteiger partial charge in [0.25, 0.3) is 0 Å². The highest BCUT2D eigenvalue weighted by Gasteiger charge is 1.95. The van der Waals surface area contributed by atoms with E-state index in [0.29, 0.717) is 6.42 Å². The zero-order chi connectivity index (χ0) is 12.1. The van der Waals surface area contributed by atoms with E-state index in [1.54, 1.807) is 5.57 Å². The summed E-state index contributed by atoms with van der Waals surface area (Å²) in [6, 6.07) is 2.20. The molecule has 0 spiro atoms. The van der Waals surface area contributed by atoms with Crippen molar-refractivity contribution in [3.8, 4) is 6.07 Å². The zero-order valence-corrected chi connectivity index (χ0v) is 11.1. The fourth-order valence-corrected chi connectivity index (χ4v) is 1.86. The molecule has 0 fully saturated rings. The number of hydrogen-bond acceptors (Lipinski definition) is 1. The highest BCUT2D eigenvalue weighted by atomic mass is 14.2. The monoisotopic (exact) mass is 221 g/mol. The Hall–Kier alpha value is -0.770. The van der Waals surface area contributed by atoms with Gasteiger partial charge < -0.3 is 0 Å². The Balaban J connectivity index is 3.55. The molecule has 0 aromatic rings. The van der Waals surface area contributed by atoms with Crippen molar-refractivity contribution >= 4 is 0 Å². The highest BCUT2D eigenvalue weighted by molar-refractivity contribution is 5.00. The first-order valence-electron chi connectivity index (χ1n) is 6.90. The van der Waals surface area contributed by atoms with Crippen molar-refractivity contribution in [2.45, 2.75) is 78.1 Å². The Bertz CT molecular complexity index is 210. The molecule has 0 N–H and O–H groups in total. The minimum atomic E-state index is 0.714. The third kappa shape index (κ3) is 9.77. The summed E-state index contributed by atoms with van der Waals surface area (Å²) in [7, 11) is 0. The van der Waals surface area contributed by atoms with Crippen molar-refractivity contribution in [1.82, 2.24) is 0 Å². The first-order chi connectivity index (χ1) is 7.85. The second kappa shape index (κ2) is 12.3. The van der Waals surface area contributed by atoms with Crippen LogP contribution in [-0.2, 0) is 0 Å². The van der Waals surface area contributed by atoms with E-state index < -0.39 is 0 Å². The molecule has 0 aromatic carbocycles. The lowest BCUT2D eigenvalue weighted by molar-refractivity contribution is 0.654. The standard InChI is InChI=1S/C15H27N/c1-3-5-6-9-12-15(4-2)13-10-7-8-11-14-16/h13H,3-12H2,1-2H3/b15-13+.